The van der Waals surface area contributed by atoms with Gasteiger partial charge >= 0.3 is 0 Å². The molecule has 2 heteroatoms. The molecule has 0 atom stereocenters. The van der Waals surface area contributed by atoms with Crippen LogP contribution in [0.3, 0.4) is 0 Å². The summed E-state index contributed by atoms with van der Waals surface area (Å²) in [7, 11) is 0. The molecule has 0 aromatic rings. The minimum atomic E-state index is 0.320. The molecule has 1 aliphatic carbocycles. The van der Waals surface area contributed by atoms with Crippen molar-refractivity contribution in [3.8, 4) is 0 Å². The molecular weight excluding hydrogens is 150 g/mol. The molecule has 0 aromatic heterocycles. The lowest BCUT2D eigenvalue weighted by atomic mass is 9.91. The van der Waals surface area contributed by atoms with Crippen LogP contribution in [0.4, 0.5) is 0 Å². The van der Waals surface area contributed by atoms with Crippen LogP contribution in [0.5, 0.6) is 0 Å². The van der Waals surface area contributed by atoms with E-state index in [1.54, 1.807) is 0 Å². The molecule has 1 N–H and O–H groups in total. The summed E-state index contributed by atoms with van der Waals surface area (Å²) in [6.45, 7) is 4.60. The lowest BCUT2D eigenvalue weighted by Gasteiger charge is -2.37. The van der Waals surface area contributed by atoms with Gasteiger partial charge in [0.2, 0.25) is 0 Å². The van der Waals surface area contributed by atoms with Crippen molar-refractivity contribution in [3.63, 3.8) is 0 Å². The smallest absolute Gasteiger partial charge is 0.0558 e. The molecule has 0 heterocycles. The van der Waals surface area contributed by atoms with Gasteiger partial charge in [0.05, 0.1) is 6.61 Å². The predicted octanol–water partition coefficient (Wildman–Crippen LogP) is 1.63. The summed E-state index contributed by atoms with van der Waals surface area (Å²) in [4.78, 5) is 2.45. The molecule has 12 heavy (non-hydrogen) atoms. The molecule has 0 unspecified atom stereocenters. The maximum Gasteiger partial charge on any atom is 0.0558 e. The van der Waals surface area contributed by atoms with E-state index in [-0.39, 0.29) is 0 Å². The van der Waals surface area contributed by atoms with Crippen LogP contribution in [0.2, 0.25) is 0 Å². The average Bonchev–Trinajstić information content (AvgIpc) is 1.97. The second kappa shape index (κ2) is 5.55. The molecular formula is C10H21NO. The van der Waals surface area contributed by atoms with E-state index in [1.807, 2.05) is 0 Å². The first-order chi connectivity index (χ1) is 5.88. The number of aliphatic hydroxyl groups is 1. The van der Waals surface area contributed by atoms with E-state index in [9.17, 15) is 0 Å². The number of hydrogen-bond acceptors (Lipinski definition) is 2. The molecule has 0 aromatic carbocycles. The summed E-state index contributed by atoms with van der Waals surface area (Å²) in [6, 6.07) is 0.795. The van der Waals surface area contributed by atoms with Crippen molar-refractivity contribution >= 4 is 0 Å². The van der Waals surface area contributed by atoms with Gasteiger partial charge in [-0.25, -0.2) is 0 Å². The Bertz CT molecular complexity index is 112. The van der Waals surface area contributed by atoms with Crippen molar-refractivity contribution in [2.75, 3.05) is 19.7 Å². The zero-order valence-electron chi connectivity index (χ0n) is 8.13. The van der Waals surface area contributed by atoms with E-state index in [0.717, 1.165) is 12.6 Å². The maximum absolute atomic E-state index is 8.86. The maximum atomic E-state index is 8.86. The zero-order valence-corrected chi connectivity index (χ0v) is 8.13. The summed E-state index contributed by atoms with van der Waals surface area (Å²) < 4.78 is 0. The topological polar surface area (TPSA) is 23.5 Å². The third-order valence-electron chi connectivity index (χ3n) is 2.78. The Morgan fingerprint density at radius 3 is 2.50 bits per heavy atom. The monoisotopic (exact) mass is 171 g/mol. The molecule has 1 fully saturated rings. The summed E-state index contributed by atoms with van der Waals surface area (Å²) in [6.07, 6.45) is 6.62. The van der Waals surface area contributed by atoms with E-state index >= 15 is 0 Å². The van der Waals surface area contributed by atoms with Gasteiger partial charge in [-0.05, 0) is 25.8 Å². The van der Waals surface area contributed by atoms with E-state index in [2.05, 4.69) is 11.8 Å². The van der Waals surface area contributed by atoms with Crippen molar-refractivity contribution in [2.24, 2.45) is 0 Å². The van der Waals surface area contributed by atoms with Gasteiger partial charge in [0.1, 0.15) is 0 Å². The molecule has 0 saturated heterocycles. The normalized spacial score (nSPS) is 18.2. The second-order valence-corrected chi connectivity index (χ2v) is 3.70. The van der Waals surface area contributed by atoms with Crippen molar-refractivity contribution in [1.29, 1.82) is 0 Å². The van der Waals surface area contributed by atoms with Crippen LogP contribution in [-0.2, 0) is 0 Å². The van der Waals surface area contributed by atoms with Gasteiger partial charge in [0.15, 0.2) is 0 Å². The van der Waals surface area contributed by atoms with Gasteiger partial charge in [-0.3, -0.25) is 4.90 Å². The molecule has 0 aliphatic heterocycles. The van der Waals surface area contributed by atoms with Crippen LogP contribution in [0.1, 0.15) is 39.0 Å². The molecule has 0 spiro atoms. The SMILES string of the molecule is CCCCN(CCO)C1CCC1. The Morgan fingerprint density at radius 1 is 1.33 bits per heavy atom. The van der Waals surface area contributed by atoms with Crippen LogP contribution in [0.15, 0.2) is 0 Å². The largest absolute Gasteiger partial charge is 0.395 e. The van der Waals surface area contributed by atoms with Gasteiger partial charge in [0, 0.05) is 12.6 Å². The number of unbranched alkanes of at least 4 members (excludes halogenated alkanes) is 1. The quantitative estimate of drug-likeness (QED) is 0.656. The van der Waals surface area contributed by atoms with Crippen LogP contribution in [0, 0.1) is 0 Å². The third kappa shape index (κ3) is 2.76. The van der Waals surface area contributed by atoms with Crippen LogP contribution in [0.25, 0.3) is 0 Å². The average molecular weight is 171 g/mol. The van der Waals surface area contributed by atoms with Crippen molar-refractivity contribution < 1.29 is 5.11 Å². The Labute approximate surface area is 75.6 Å². The van der Waals surface area contributed by atoms with E-state index < -0.39 is 0 Å². The summed E-state index contributed by atoms with van der Waals surface area (Å²) in [5.41, 5.74) is 0. The fourth-order valence-corrected chi connectivity index (χ4v) is 1.72. The van der Waals surface area contributed by atoms with Gasteiger partial charge in [-0.2, -0.15) is 0 Å². The van der Waals surface area contributed by atoms with Gasteiger partial charge in [0.25, 0.3) is 0 Å². The summed E-state index contributed by atoms with van der Waals surface area (Å²) in [5.74, 6) is 0. The Balaban J connectivity index is 2.17. The molecule has 0 bridgehead atoms. The fraction of sp³-hybridized carbons (Fsp3) is 1.00. The highest BCUT2D eigenvalue weighted by Crippen LogP contribution is 2.24. The van der Waals surface area contributed by atoms with Crippen LogP contribution < -0.4 is 0 Å². The first-order valence-corrected chi connectivity index (χ1v) is 5.23. The van der Waals surface area contributed by atoms with Crippen molar-refractivity contribution in [1.82, 2.24) is 4.90 Å². The number of hydrogen-bond donors (Lipinski definition) is 1. The predicted molar refractivity (Wildman–Crippen MR) is 51.2 cm³/mol. The molecule has 0 radical (unpaired) electrons. The second-order valence-electron chi connectivity index (χ2n) is 3.70. The highest BCUT2D eigenvalue weighted by atomic mass is 16.3. The first-order valence-electron chi connectivity index (χ1n) is 5.23. The van der Waals surface area contributed by atoms with Gasteiger partial charge in [-0.15, -0.1) is 0 Å². The van der Waals surface area contributed by atoms with E-state index in [4.69, 9.17) is 5.11 Å². The fourth-order valence-electron chi connectivity index (χ4n) is 1.72. The minimum absolute atomic E-state index is 0.320. The molecule has 1 rings (SSSR count). The number of nitrogens with zero attached hydrogens (tertiary/aromatic N) is 1. The van der Waals surface area contributed by atoms with Gasteiger partial charge < -0.3 is 5.11 Å². The highest BCUT2D eigenvalue weighted by molar-refractivity contribution is 4.79. The highest BCUT2D eigenvalue weighted by Gasteiger charge is 2.23. The lowest BCUT2D eigenvalue weighted by molar-refractivity contribution is 0.100. The molecule has 72 valence electrons. The van der Waals surface area contributed by atoms with Crippen LogP contribution in [-0.4, -0.2) is 35.7 Å². The molecule has 2 nitrogen and oxygen atoms in total. The van der Waals surface area contributed by atoms with Crippen molar-refractivity contribution in [3.05, 3.63) is 0 Å². The first kappa shape index (κ1) is 10.0. The van der Waals surface area contributed by atoms with E-state index in [1.165, 1.54) is 38.6 Å². The molecule has 1 saturated carbocycles. The number of rotatable bonds is 6. The minimum Gasteiger partial charge on any atom is -0.395 e. The third-order valence-corrected chi connectivity index (χ3v) is 2.78. The van der Waals surface area contributed by atoms with E-state index in [0.29, 0.717) is 6.61 Å². The summed E-state index contributed by atoms with van der Waals surface area (Å²) >= 11 is 0. The Hall–Kier alpha value is -0.0800. The Morgan fingerprint density at radius 2 is 2.08 bits per heavy atom. The van der Waals surface area contributed by atoms with Gasteiger partial charge in [-0.1, -0.05) is 19.8 Å². The zero-order chi connectivity index (χ0) is 8.81. The van der Waals surface area contributed by atoms with Crippen molar-refractivity contribution in [2.45, 2.75) is 45.1 Å². The number of aliphatic hydroxyl groups excluding tert-OH is 1. The van der Waals surface area contributed by atoms with Crippen LogP contribution >= 0.6 is 0 Å². The molecule has 0 amide bonds. The summed E-state index contributed by atoms with van der Waals surface area (Å²) in [5, 5.41) is 8.86. The molecule has 1 aliphatic rings. The standard InChI is InChI=1S/C10H21NO/c1-2-3-7-11(8-9-12)10-5-4-6-10/h10,12H,2-9H2,1H3. The lowest BCUT2D eigenvalue weighted by Crippen LogP contribution is -2.42. The Kier molecular flexibility index (Phi) is 4.62.